The van der Waals surface area contributed by atoms with Crippen LogP contribution >= 0.6 is 0 Å². The summed E-state index contributed by atoms with van der Waals surface area (Å²) in [5, 5.41) is 9.20. The molecule has 0 spiro atoms. The van der Waals surface area contributed by atoms with Crippen molar-refractivity contribution in [1.29, 1.82) is 5.26 Å². The Morgan fingerprint density at radius 2 is 1.94 bits per heavy atom. The van der Waals surface area contributed by atoms with E-state index in [-0.39, 0.29) is 0 Å². The van der Waals surface area contributed by atoms with Crippen molar-refractivity contribution in [2.45, 2.75) is 38.1 Å². The molecule has 88 valence electrons. The fourth-order valence-electron chi connectivity index (χ4n) is 3.52. The van der Waals surface area contributed by atoms with E-state index in [9.17, 15) is 5.26 Å². The van der Waals surface area contributed by atoms with Crippen molar-refractivity contribution in [2.75, 3.05) is 11.4 Å². The Morgan fingerprint density at radius 3 is 2.82 bits per heavy atom. The zero-order valence-electron chi connectivity index (χ0n) is 10.1. The maximum Gasteiger partial charge on any atom is 0.101 e. The van der Waals surface area contributed by atoms with E-state index >= 15 is 0 Å². The van der Waals surface area contributed by atoms with E-state index < -0.39 is 0 Å². The minimum Gasteiger partial charge on any atom is -0.367 e. The Balaban J connectivity index is 1.92. The van der Waals surface area contributed by atoms with Gasteiger partial charge in [-0.2, -0.15) is 5.26 Å². The Morgan fingerprint density at radius 1 is 1.12 bits per heavy atom. The molecule has 2 fully saturated rings. The number of rotatable bonds is 1. The number of anilines is 1. The lowest BCUT2D eigenvalue weighted by Crippen LogP contribution is -2.35. The minimum absolute atomic E-state index is 0.693. The second-order valence-electron chi connectivity index (χ2n) is 5.22. The molecule has 1 aromatic rings. The number of hydrogen-bond donors (Lipinski definition) is 0. The molecule has 2 nitrogen and oxygen atoms in total. The third-order valence-electron chi connectivity index (χ3n) is 4.34. The zero-order valence-corrected chi connectivity index (χ0v) is 10.1. The summed E-state index contributed by atoms with van der Waals surface area (Å²) in [5.41, 5.74) is 1.99. The lowest BCUT2D eigenvalue weighted by atomic mass is 9.85. The van der Waals surface area contributed by atoms with Crippen molar-refractivity contribution in [2.24, 2.45) is 5.92 Å². The normalized spacial score (nSPS) is 27.6. The first-order chi connectivity index (χ1) is 8.40. The number of fused-ring (bicyclic) bond motifs is 1. The molecule has 3 rings (SSSR count). The van der Waals surface area contributed by atoms with Gasteiger partial charge in [0.25, 0.3) is 0 Å². The van der Waals surface area contributed by atoms with Crippen LogP contribution in [-0.2, 0) is 0 Å². The van der Waals surface area contributed by atoms with Crippen molar-refractivity contribution in [3.63, 3.8) is 0 Å². The van der Waals surface area contributed by atoms with Crippen LogP contribution in [0.1, 0.15) is 37.7 Å². The van der Waals surface area contributed by atoms with Gasteiger partial charge >= 0.3 is 0 Å². The van der Waals surface area contributed by atoms with Gasteiger partial charge in [0.15, 0.2) is 0 Å². The van der Waals surface area contributed by atoms with Gasteiger partial charge in [0, 0.05) is 12.6 Å². The summed E-state index contributed by atoms with van der Waals surface area (Å²) in [7, 11) is 0. The molecular formula is C15H18N2. The highest BCUT2D eigenvalue weighted by molar-refractivity contribution is 5.60. The van der Waals surface area contributed by atoms with Gasteiger partial charge in [-0.3, -0.25) is 0 Å². The molecule has 0 aromatic heterocycles. The molecule has 1 saturated carbocycles. The summed E-state index contributed by atoms with van der Waals surface area (Å²) in [6.45, 7) is 1.13. The average Bonchev–Trinajstić information content (AvgIpc) is 2.82. The third-order valence-corrected chi connectivity index (χ3v) is 4.34. The van der Waals surface area contributed by atoms with E-state index in [0.717, 1.165) is 23.7 Å². The molecule has 0 bridgehead atoms. The molecule has 2 unspecified atom stereocenters. The highest BCUT2D eigenvalue weighted by Crippen LogP contribution is 2.39. The summed E-state index contributed by atoms with van der Waals surface area (Å²) in [6.07, 6.45) is 6.76. The first-order valence-electron chi connectivity index (χ1n) is 6.66. The van der Waals surface area contributed by atoms with E-state index in [1.807, 2.05) is 18.2 Å². The molecule has 2 heteroatoms. The molecule has 1 aliphatic carbocycles. The molecule has 0 amide bonds. The molecule has 1 aromatic carbocycles. The molecule has 0 radical (unpaired) electrons. The molecular weight excluding hydrogens is 208 g/mol. The van der Waals surface area contributed by atoms with Crippen LogP contribution < -0.4 is 4.90 Å². The third kappa shape index (κ3) is 1.80. The molecule has 0 N–H and O–H groups in total. The van der Waals surface area contributed by atoms with E-state index in [2.05, 4.69) is 17.0 Å². The summed E-state index contributed by atoms with van der Waals surface area (Å²) < 4.78 is 0. The van der Waals surface area contributed by atoms with Crippen LogP contribution in [0.15, 0.2) is 24.3 Å². The maximum atomic E-state index is 9.20. The Kier molecular flexibility index (Phi) is 2.76. The summed E-state index contributed by atoms with van der Waals surface area (Å²) in [5.74, 6) is 0.871. The van der Waals surface area contributed by atoms with Gasteiger partial charge in [0.2, 0.25) is 0 Å². The number of para-hydroxylation sites is 1. The topological polar surface area (TPSA) is 27.0 Å². The molecule has 2 aliphatic rings. The first kappa shape index (κ1) is 10.7. The standard InChI is InChI=1S/C15H18N2/c16-11-13-6-2-4-8-15(13)17-10-9-12-5-1-3-7-14(12)17/h2,4,6,8,12,14H,1,3,5,7,9-10H2. The molecule has 1 heterocycles. The second-order valence-corrected chi connectivity index (χ2v) is 5.22. The van der Waals surface area contributed by atoms with Crippen molar-refractivity contribution in [1.82, 2.24) is 0 Å². The maximum absolute atomic E-state index is 9.20. The van der Waals surface area contributed by atoms with Crippen LogP contribution in [-0.4, -0.2) is 12.6 Å². The Labute approximate surface area is 103 Å². The predicted molar refractivity (Wildman–Crippen MR) is 68.9 cm³/mol. The lowest BCUT2D eigenvalue weighted by Gasteiger charge is -2.33. The number of nitrogens with zero attached hydrogens (tertiary/aromatic N) is 2. The summed E-state index contributed by atoms with van der Waals surface area (Å²) in [4.78, 5) is 2.49. The molecule has 1 saturated heterocycles. The van der Waals surface area contributed by atoms with Crippen molar-refractivity contribution < 1.29 is 0 Å². The number of nitriles is 1. The van der Waals surface area contributed by atoms with Gasteiger partial charge in [-0.05, 0) is 37.3 Å². The summed E-state index contributed by atoms with van der Waals surface area (Å²) >= 11 is 0. The van der Waals surface area contributed by atoms with Crippen LogP contribution in [0.5, 0.6) is 0 Å². The van der Waals surface area contributed by atoms with E-state index in [0.29, 0.717) is 6.04 Å². The van der Waals surface area contributed by atoms with Gasteiger partial charge in [0.05, 0.1) is 11.3 Å². The van der Waals surface area contributed by atoms with Crippen molar-refractivity contribution >= 4 is 5.69 Å². The quantitative estimate of drug-likeness (QED) is 0.734. The van der Waals surface area contributed by atoms with Crippen molar-refractivity contribution in [3.8, 4) is 6.07 Å². The van der Waals surface area contributed by atoms with Crippen LogP contribution in [0.25, 0.3) is 0 Å². The molecule has 17 heavy (non-hydrogen) atoms. The molecule has 1 aliphatic heterocycles. The largest absolute Gasteiger partial charge is 0.367 e. The van der Waals surface area contributed by atoms with Crippen LogP contribution in [0, 0.1) is 17.2 Å². The van der Waals surface area contributed by atoms with Gasteiger partial charge in [-0.15, -0.1) is 0 Å². The predicted octanol–water partition coefficient (Wildman–Crippen LogP) is 3.33. The second kappa shape index (κ2) is 4.41. The lowest BCUT2D eigenvalue weighted by molar-refractivity contribution is 0.342. The van der Waals surface area contributed by atoms with E-state index in [1.54, 1.807) is 0 Å². The number of hydrogen-bond acceptors (Lipinski definition) is 2. The first-order valence-corrected chi connectivity index (χ1v) is 6.66. The van der Waals surface area contributed by atoms with Crippen molar-refractivity contribution in [3.05, 3.63) is 29.8 Å². The monoisotopic (exact) mass is 226 g/mol. The molecule has 2 atom stereocenters. The van der Waals surface area contributed by atoms with Gasteiger partial charge < -0.3 is 4.90 Å². The average molecular weight is 226 g/mol. The highest BCUT2D eigenvalue weighted by atomic mass is 15.2. The highest BCUT2D eigenvalue weighted by Gasteiger charge is 2.36. The summed E-state index contributed by atoms with van der Waals surface area (Å²) in [6, 6.07) is 11.1. The van der Waals surface area contributed by atoms with E-state index in [1.165, 1.54) is 32.1 Å². The van der Waals surface area contributed by atoms with Crippen LogP contribution in [0.2, 0.25) is 0 Å². The fraction of sp³-hybridized carbons (Fsp3) is 0.533. The SMILES string of the molecule is N#Cc1ccccc1N1CCC2CCCCC21. The minimum atomic E-state index is 0.693. The Bertz CT molecular complexity index is 446. The van der Waals surface area contributed by atoms with E-state index in [4.69, 9.17) is 0 Å². The zero-order chi connectivity index (χ0) is 11.7. The Hall–Kier alpha value is -1.49. The van der Waals surface area contributed by atoms with Gasteiger partial charge in [-0.1, -0.05) is 25.0 Å². The fourth-order valence-corrected chi connectivity index (χ4v) is 3.52. The smallest absolute Gasteiger partial charge is 0.101 e. The number of benzene rings is 1. The van der Waals surface area contributed by atoms with Crippen LogP contribution in [0.4, 0.5) is 5.69 Å². The van der Waals surface area contributed by atoms with Gasteiger partial charge in [0.1, 0.15) is 6.07 Å². The van der Waals surface area contributed by atoms with Gasteiger partial charge in [-0.25, -0.2) is 0 Å². The van der Waals surface area contributed by atoms with Crippen LogP contribution in [0.3, 0.4) is 0 Å².